The van der Waals surface area contributed by atoms with Crippen LogP contribution in [0.3, 0.4) is 0 Å². The van der Waals surface area contributed by atoms with Crippen LogP contribution in [0.5, 0.6) is 5.88 Å². The maximum absolute atomic E-state index is 13.0. The molecular formula is C8H11FN2O. The van der Waals surface area contributed by atoms with Gasteiger partial charge in [-0.1, -0.05) is 0 Å². The number of nitrogens with zero attached hydrogens (tertiary/aromatic N) is 1. The molecule has 0 aliphatic heterocycles. The number of aromatic nitrogens is 1. The number of methoxy groups -OCH3 is 1. The van der Waals surface area contributed by atoms with Crippen molar-refractivity contribution in [2.45, 2.75) is 13.0 Å². The fourth-order valence-electron chi connectivity index (χ4n) is 0.872. The summed E-state index contributed by atoms with van der Waals surface area (Å²) in [5.41, 5.74) is 5.71. The highest BCUT2D eigenvalue weighted by molar-refractivity contribution is 5.19. The molecule has 0 aromatic carbocycles. The van der Waals surface area contributed by atoms with Gasteiger partial charge in [0, 0.05) is 12.1 Å². The highest BCUT2D eigenvalue weighted by Crippen LogP contribution is 2.15. The smallest absolute Gasteiger partial charge is 0.213 e. The van der Waals surface area contributed by atoms with Gasteiger partial charge in [0.05, 0.1) is 12.8 Å². The largest absolute Gasteiger partial charge is 0.481 e. The van der Waals surface area contributed by atoms with Crippen molar-refractivity contribution in [3.63, 3.8) is 0 Å². The Kier molecular flexibility index (Phi) is 2.60. The zero-order valence-electron chi connectivity index (χ0n) is 7.04. The van der Waals surface area contributed by atoms with Crippen molar-refractivity contribution >= 4 is 0 Å². The molecule has 1 aromatic rings. The maximum Gasteiger partial charge on any atom is 0.213 e. The summed E-state index contributed by atoms with van der Waals surface area (Å²) in [6.45, 7) is 1.67. The van der Waals surface area contributed by atoms with Crippen LogP contribution in [0.25, 0.3) is 0 Å². The minimum absolute atomic E-state index is 0.231. The molecular weight excluding hydrogens is 159 g/mol. The number of halogens is 1. The van der Waals surface area contributed by atoms with E-state index in [1.165, 1.54) is 19.2 Å². The molecule has 0 saturated heterocycles. The molecule has 12 heavy (non-hydrogen) atoms. The van der Waals surface area contributed by atoms with E-state index >= 15 is 0 Å². The molecule has 3 nitrogen and oxygen atoms in total. The fourth-order valence-corrected chi connectivity index (χ4v) is 0.872. The van der Waals surface area contributed by atoms with E-state index in [0.29, 0.717) is 5.88 Å². The zero-order chi connectivity index (χ0) is 9.14. The summed E-state index contributed by atoms with van der Waals surface area (Å²) in [5.74, 6) is -0.0190. The van der Waals surface area contributed by atoms with Gasteiger partial charge < -0.3 is 10.5 Å². The molecule has 1 atom stereocenters. The monoisotopic (exact) mass is 170 g/mol. The molecule has 1 unspecified atom stereocenters. The van der Waals surface area contributed by atoms with Crippen LogP contribution >= 0.6 is 0 Å². The molecule has 0 radical (unpaired) electrons. The Balaban J connectivity index is 3.08. The summed E-state index contributed by atoms with van der Waals surface area (Å²) < 4.78 is 17.8. The first-order valence-electron chi connectivity index (χ1n) is 3.61. The second-order valence-corrected chi connectivity index (χ2v) is 2.51. The Morgan fingerprint density at radius 1 is 1.58 bits per heavy atom. The summed E-state index contributed by atoms with van der Waals surface area (Å²) in [5, 5.41) is 0. The van der Waals surface area contributed by atoms with Crippen LogP contribution in [-0.4, -0.2) is 12.1 Å². The third kappa shape index (κ3) is 1.71. The summed E-state index contributed by atoms with van der Waals surface area (Å²) in [4.78, 5) is 3.87. The second kappa shape index (κ2) is 3.49. The third-order valence-electron chi connectivity index (χ3n) is 1.49. The summed E-state index contributed by atoms with van der Waals surface area (Å²) in [6, 6.07) is 2.34. The Morgan fingerprint density at radius 2 is 2.25 bits per heavy atom. The molecule has 0 bridgehead atoms. The highest BCUT2D eigenvalue weighted by atomic mass is 19.1. The van der Waals surface area contributed by atoms with E-state index in [0.717, 1.165) is 0 Å². The lowest BCUT2D eigenvalue weighted by molar-refractivity contribution is 0.392. The lowest BCUT2D eigenvalue weighted by Gasteiger charge is -2.07. The molecule has 1 heterocycles. The normalized spacial score (nSPS) is 12.7. The Morgan fingerprint density at radius 3 is 2.75 bits per heavy atom. The van der Waals surface area contributed by atoms with Crippen molar-refractivity contribution in [2.75, 3.05) is 7.11 Å². The minimum Gasteiger partial charge on any atom is -0.481 e. The van der Waals surface area contributed by atoms with Gasteiger partial charge in [0.15, 0.2) is 0 Å². The fraction of sp³-hybridized carbons (Fsp3) is 0.375. The standard InChI is InChI=1S/C8H11FN2O/c1-5(10)8-6(9)3-4-7(11-8)12-2/h3-5H,10H2,1-2H3. The van der Waals surface area contributed by atoms with E-state index in [1.54, 1.807) is 6.92 Å². The number of rotatable bonds is 2. The number of hydrogen-bond acceptors (Lipinski definition) is 3. The summed E-state index contributed by atoms with van der Waals surface area (Å²) in [7, 11) is 1.48. The number of nitrogens with two attached hydrogens (primary N) is 1. The van der Waals surface area contributed by atoms with Crippen molar-refractivity contribution in [1.29, 1.82) is 0 Å². The number of hydrogen-bond donors (Lipinski definition) is 1. The third-order valence-corrected chi connectivity index (χ3v) is 1.49. The lowest BCUT2D eigenvalue weighted by Crippen LogP contribution is -2.10. The van der Waals surface area contributed by atoms with Crippen molar-refractivity contribution in [2.24, 2.45) is 5.73 Å². The van der Waals surface area contributed by atoms with Crippen LogP contribution in [0.4, 0.5) is 4.39 Å². The molecule has 1 rings (SSSR count). The van der Waals surface area contributed by atoms with Crippen LogP contribution in [0, 0.1) is 5.82 Å². The predicted molar refractivity (Wildman–Crippen MR) is 43.3 cm³/mol. The first-order chi connectivity index (χ1) is 5.65. The maximum atomic E-state index is 13.0. The van der Waals surface area contributed by atoms with Crippen molar-refractivity contribution in [3.8, 4) is 5.88 Å². The van der Waals surface area contributed by atoms with Crippen molar-refractivity contribution in [3.05, 3.63) is 23.6 Å². The van der Waals surface area contributed by atoms with E-state index in [-0.39, 0.29) is 5.69 Å². The first kappa shape index (κ1) is 8.93. The molecule has 0 fully saturated rings. The Hall–Kier alpha value is -1.16. The second-order valence-electron chi connectivity index (χ2n) is 2.51. The van der Waals surface area contributed by atoms with E-state index in [4.69, 9.17) is 10.5 Å². The van der Waals surface area contributed by atoms with Crippen molar-refractivity contribution < 1.29 is 9.13 Å². The molecule has 4 heteroatoms. The van der Waals surface area contributed by atoms with Crippen LogP contribution in [0.1, 0.15) is 18.7 Å². The predicted octanol–water partition coefficient (Wildman–Crippen LogP) is 1.25. The molecule has 0 saturated carbocycles. The summed E-state index contributed by atoms with van der Waals surface area (Å²) in [6.07, 6.45) is 0. The van der Waals surface area contributed by atoms with E-state index in [9.17, 15) is 4.39 Å². The van der Waals surface area contributed by atoms with Crippen molar-refractivity contribution in [1.82, 2.24) is 4.98 Å². The molecule has 2 N–H and O–H groups in total. The molecule has 0 amide bonds. The SMILES string of the molecule is COc1ccc(F)c(C(C)N)n1. The average molecular weight is 170 g/mol. The van der Waals surface area contributed by atoms with Gasteiger partial charge in [0.25, 0.3) is 0 Å². The van der Waals surface area contributed by atoms with Gasteiger partial charge in [0.2, 0.25) is 5.88 Å². The van der Waals surface area contributed by atoms with Crippen LogP contribution in [0.15, 0.2) is 12.1 Å². The molecule has 0 spiro atoms. The van der Waals surface area contributed by atoms with E-state index < -0.39 is 11.9 Å². The number of ether oxygens (including phenoxy) is 1. The Bertz CT molecular complexity index is 276. The average Bonchev–Trinajstić information content (AvgIpc) is 2.05. The Labute approximate surface area is 70.4 Å². The quantitative estimate of drug-likeness (QED) is 0.726. The topological polar surface area (TPSA) is 48.1 Å². The molecule has 1 aromatic heterocycles. The van der Waals surface area contributed by atoms with Crippen LogP contribution in [-0.2, 0) is 0 Å². The zero-order valence-corrected chi connectivity index (χ0v) is 7.04. The lowest BCUT2D eigenvalue weighted by atomic mass is 10.2. The van der Waals surface area contributed by atoms with Gasteiger partial charge in [-0.05, 0) is 13.0 Å². The highest BCUT2D eigenvalue weighted by Gasteiger charge is 2.09. The van der Waals surface area contributed by atoms with Gasteiger partial charge in [0.1, 0.15) is 5.82 Å². The van der Waals surface area contributed by atoms with Gasteiger partial charge >= 0.3 is 0 Å². The van der Waals surface area contributed by atoms with Gasteiger partial charge in [-0.15, -0.1) is 0 Å². The first-order valence-corrected chi connectivity index (χ1v) is 3.61. The molecule has 0 aliphatic rings. The van der Waals surface area contributed by atoms with E-state index in [2.05, 4.69) is 4.98 Å². The minimum atomic E-state index is -0.417. The van der Waals surface area contributed by atoms with E-state index in [1.807, 2.05) is 0 Å². The van der Waals surface area contributed by atoms with Crippen LogP contribution in [0.2, 0.25) is 0 Å². The van der Waals surface area contributed by atoms with Crippen LogP contribution < -0.4 is 10.5 Å². The molecule has 0 aliphatic carbocycles. The number of pyridine rings is 1. The van der Waals surface area contributed by atoms with Gasteiger partial charge in [-0.25, -0.2) is 9.37 Å². The van der Waals surface area contributed by atoms with Gasteiger partial charge in [-0.3, -0.25) is 0 Å². The van der Waals surface area contributed by atoms with Gasteiger partial charge in [-0.2, -0.15) is 0 Å². The molecule has 66 valence electrons. The summed E-state index contributed by atoms with van der Waals surface area (Å²) >= 11 is 0.